The molecular formula is C20H21NO5. The Labute approximate surface area is 151 Å². The van der Waals surface area contributed by atoms with E-state index >= 15 is 0 Å². The second-order valence-electron chi connectivity index (χ2n) is 6.21. The summed E-state index contributed by atoms with van der Waals surface area (Å²) in [5.74, 6) is -0.0222. The molecule has 0 bridgehead atoms. The maximum atomic E-state index is 12.7. The number of carboxylic acid groups (broad SMARTS) is 1. The monoisotopic (exact) mass is 355 g/mol. The van der Waals surface area contributed by atoms with Crippen LogP contribution in [-0.4, -0.2) is 30.2 Å². The first-order chi connectivity index (χ1) is 12.5. The van der Waals surface area contributed by atoms with Gasteiger partial charge in [0.1, 0.15) is 11.5 Å². The number of para-hydroxylation sites is 1. The van der Waals surface area contributed by atoms with Crippen molar-refractivity contribution in [3.63, 3.8) is 0 Å². The van der Waals surface area contributed by atoms with Crippen molar-refractivity contribution >= 4 is 11.9 Å². The Hall–Kier alpha value is -3.02. The molecule has 2 unspecified atom stereocenters. The lowest BCUT2D eigenvalue weighted by Crippen LogP contribution is -2.34. The maximum Gasteiger partial charge on any atom is 0.341 e. The molecule has 1 aliphatic rings. The van der Waals surface area contributed by atoms with E-state index in [1.54, 1.807) is 12.1 Å². The number of carbonyl (C=O) groups excluding carboxylic acids is 1. The number of rotatable bonds is 6. The average Bonchev–Trinajstić information content (AvgIpc) is 2.66. The highest BCUT2D eigenvalue weighted by Crippen LogP contribution is 2.33. The normalized spacial score (nSPS) is 16.7. The van der Waals surface area contributed by atoms with Crippen molar-refractivity contribution < 1.29 is 24.2 Å². The molecule has 2 aromatic carbocycles. The molecule has 0 saturated carbocycles. The highest BCUT2D eigenvalue weighted by atomic mass is 16.5. The van der Waals surface area contributed by atoms with E-state index < -0.39 is 5.97 Å². The number of nitrogens with one attached hydrogen (secondary N) is 1. The van der Waals surface area contributed by atoms with Gasteiger partial charge in [0.15, 0.2) is 6.61 Å². The van der Waals surface area contributed by atoms with Crippen LogP contribution in [0.25, 0.3) is 0 Å². The Kier molecular flexibility index (Phi) is 5.41. The first kappa shape index (κ1) is 17.8. The molecule has 0 saturated heterocycles. The minimum absolute atomic E-state index is 0.0283. The average molecular weight is 355 g/mol. The van der Waals surface area contributed by atoms with Crippen LogP contribution in [0.2, 0.25) is 0 Å². The van der Waals surface area contributed by atoms with Gasteiger partial charge in [0.25, 0.3) is 0 Å². The van der Waals surface area contributed by atoms with Gasteiger partial charge < -0.3 is 19.9 Å². The van der Waals surface area contributed by atoms with E-state index in [1.807, 2.05) is 43.3 Å². The van der Waals surface area contributed by atoms with E-state index in [-0.39, 0.29) is 24.5 Å². The quantitative estimate of drug-likeness (QED) is 0.832. The Morgan fingerprint density at radius 1 is 1.23 bits per heavy atom. The molecular weight excluding hydrogens is 334 g/mol. The maximum absolute atomic E-state index is 12.7. The van der Waals surface area contributed by atoms with Crippen LogP contribution in [0.3, 0.4) is 0 Å². The lowest BCUT2D eigenvalue weighted by molar-refractivity contribution is -0.139. The Bertz CT molecular complexity index is 787. The number of hydrogen-bond acceptors (Lipinski definition) is 4. The van der Waals surface area contributed by atoms with Gasteiger partial charge in [-0.15, -0.1) is 0 Å². The molecule has 2 N–H and O–H groups in total. The fourth-order valence-corrected chi connectivity index (χ4v) is 3.01. The third-order valence-corrected chi connectivity index (χ3v) is 4.38. The first-order valence-corrected chi connectivity index (χ1v) is 8.51. The van der Waals surface area contributed by atoms with Gasteiger partial charge in [-0.3, -0.25) is 4.79 Å². The molecule has 0 aromatic heterocycles. The molecule has 136 valence electrons. The second kappa shape index (κ2) is 7.91. The second-order valence-corrected chi connectivity index (χ2v) is 6.21. The van der Waals surface area contributed by atoms with Gasteiger partial charge >= 0.3 is 5.97 Å². The van der Waals surface area contributed by atoms with Crippen LogP contribution in [0, 0.1) is 0 Å². The van der Waals surface area contributed by atoms with Crippen LogP contribution < -0.4 is 14.8 Å². The van der Waals surface area contributed by atoms with E-state index in [9.17, 15) is 9.59 Å². The van der Waals surface area contributed by atoms with Gasteiger partial charge in [-0.05, 0) is 37.1 Å². The van der Waals surface area contributed by atoms with Crippen molar-refractivity contribution in [1.82, 2.24) is 5.32 Å². The zero-order chi connectivity index (χ0) is 18.5. The summed E-state index contributed by atoms with van der Waals surface area (Å²) in [5, 5.41) is 11.7. The molecule has 6 nitrogen and oxygen atoms in total. The lowest BCUT2D eigenvalue weighted by atomic mass is 9.92. The third-order valence-electron chi connectivity index (χ3n) is 4.38. The molecule has 6 heteroatoms. The number of hydrogen-bond donors (Lipinski definition) is 2. The van der Waals surface area contributed by atoms with Crippen molar-refractivity contribution in [2.24, 2.45) is 0 Å². The molecule has 1 amide bonds. The summed E-state index contributed by atoms with van der Waals surface area (Å²) >= 11 is 0. The van der Waals surface area contributed by atoms with Crippen LogP contribution in [0.15, 0.2) is 48.5 Å². The molecule has 1 aliphatic heterocycles. The first-order valence-electron chi connectivity index (χ1n) is 8.51. The highest BCUT2D eigenvalue weighted by Gasteiger charge is 2.28. The van der Waals surface area contributed by atoms with Crippen molar-refractivity contribution in [3.05, 3.63) is 59.7 Å². The summed E-state index contributed by atoms with van der Waals surface area (Å²) in [7, 11) is 0. The third kappa shape index (κ3) is 4.14. The Balaban J connectivity index is 1.64. The van der Waals surface area contributed by atoms with Crippen molar-refractivity contribution in [2.75, 3.05) is 13.2 Å². The topological polar surface area (TPSA) is 84.9 Å². The van der Waals surface area contributed by atoms with Gasteiger partial charge in [-0.1, -0.05) is 30.3 Å². The number of fused-ring (bicyclic) bond motifs is 1. The van der Waals surface area contributed by atoms with E-state index in [2.05, 4.69) is 5.32 Å². The predicted octanol–water partition coefficient (Wildman–Crippen LogP) is 2.89. The van der Waals surface area contributed by atoms with Crippen molar-refractivity contribution in [2.45, 2.75) is 25.3 Å². The Morgan fingerprint density at radius 3 is 2.69 bits per heavy atom. The fraction of sp³-hybridized carbons (Fsp3) is 0.300. The minimum Gasteiger partial charge on any atom is -0.493 e. The predicted molar refractivity (Wildman–Crippen MR) is 95.4 cm³/mol. The largest absolute Gasteiger partial charge is 0.493 e. The number of amides is 1. The van der Waals surface area contributed by atoms with E-state index in [0.717, 1.165) is 16.9 Å². The number of carbonyl (C=O) groups is 2. The Morgan fingerprint density at radius 2 is 1.96 bits per heavy atom. The minimum atomic E-state index is -1.02. The van der Waals surface area contributed by atoms with Crippen LogP contribution in [0.1, 0.15) is 36.4 Å². The molecule has 1 heterocycles. The summed E-state index contributed by atoms with van der Waals surface area (Å²) in [5.41, 5.74) is 1.84. The van der Waals surface area contributed by atoms with E-state index in [1.165, 1.54) is 0 Å². The summed E-state index contributed by atoms with van der Waals surface area (Å²) in [6.45, 7) is 2.06. The standard InChI is InChI=1S/C20H21NO5/c1-13(14-6-8-15(9-7-14)26-12-19(22)23)21-20(24)17-10-11-25-18-5-3-2-4-16(17)18/h2-9,13,17H,10-12H2,1H3,(H,21,24)(H,22,23). The lowest BCUT2D eigenvalue weighted by Gasteiger charge is -2.26. The summed E-state index contributed by atoms with van der Waals surface area (Å²) in [6, 6.07) is 14.5. The summed E-state index contributed by atoms with van der Waals surface area (Å²) in [6.07, 6.45) is 0.650. The highest BCUT2D eigenvalue weighted by molar-refractivity contribution is 5.85. The number of aliphatic carboxylic acids is 1. The molecule has 26 heavy (non-hydrogen) atoms. The van der Waals surface area contributed by atoms with Crippen molar-refractivity contribution in [1.29, 1.82) is 0 Å². The van der Waals surface area contributed by atoms with E-state index in [0.29, 0.717) is 18.8 Å². The number of ether oxygens (including phenoxy) is 2. The number of carboxylic acids is 1. The molecule has 0 fully saturated rings. The molecule has 3 rings (SSSR count). The van der Waals surface area contributed by atoms with Gasteiger partial charge in [-0.25, -0.2) is 4.79 Å². The molecule has 0 radical (unpaired) electrons. The van der Waals surface area contributed by atoms with Gasteiger partial charge in [0.2, 0.25) is 5.91 Å². The molecule has 0 aliphatic carbocycles. The van der Waals surface area contributed by atoms with Crippen LogP contribution in [-0.2, 0) is 9.59 Å². The molecule has 2 aromatic rings. The zero-order valence-electron chi connectivity index (χ0n) is 14.5. The van der Waals surface area contributed by atoms with Gasteiger partial charge in [-0.2, -0.15) is 0 Å². The molecule has 0 spiro atoms. The van der Waals surface area contributed by atoms with Crippen LogP contribution in [0.5, 0.6) is 11.5 Å². The fourth-order valence-electron chi connectivity index (χ4n) is 3.01. The van der Waals surface area contributed by atoms with Crippen LogP contribution >= 0.6 is 0 Å². The molecule has 2 atom stereocenters. The van der Waals surface area contributed by atoms with Gasteiger partial charge in [0, 0.05) is 5.56 Å². The number of benzene rings is 2. The van der Waals surface area contributed by atoms with Crippen molar-refractivity contribution in [3.8, 4) is 11.5 Å². The SMILES string of the molecule is CC(NC(=O)C1CCOc2ccccc21)c1ccc(OCC(=O)O)cc1. The summed E-state index contributed by atoms with van der Waals surface area (Å²) < 4.78 is 10.7. The van der Waals surface area contributed by atoms with Gasteiger partial charge in [0.05, 0.1) is 18.6 Å². The smallest absolute Gasteiger partial charge is 0.341 e. The zero-order valence-corrected chi connectivity index (χ0v) is 14.5. The van der Waals surface area contributed by atoms with E-state index in [4.69, 9.17) is 14.6 Å². The van der Waals surface area contributed by atoms with Crippen LogP contribution in [0.4, 0.5) is 0 Å². The summed E-state index contributed by atoms with van der Waals surface area (Å²) in [4.78, 5) is 23.3.